The van der Waals surface area contributed by atoms with Crippen LogP contribution in [0, 0.1) is 5.92 Å². The quantitative estimate of drug-likeness (QED) is 0.617. The lowest BCUT2D eigenvalue weighted by Gasteiger charge is -2.14. The molecule has 1 aromatic rings. The van der Waals surface area contributed by atoms with E-state index in [4.69, 9.17) is 9.47 Å². The van der Waals surface area contributed by atoms with Crippen LogP contribution in [0.2, 0.25) is 0 Å². The van der Waals surface area contributed by atoms with E-state index in [0.29, 0.717) is 11.2 Å². The highest BCUT2D eigenvalue weighted by Gasteiger charge is 2.32. The normalized spacial score (nSPS) is 21.6. The Kier molecular flexibility index (Phi) is 4.67. The van der Waals surface area contributed by atoms with Crippen molar-refractivity contribution in [3.05, 3.63) is 23.8 Å². The van der Waals surface area contributed by atoms with Gasteiger partial charge in [-0.15, -0.1) is 0 Å². The molecule has 2 rings (SSSR count). The van der Waals surface area contributed by atoms with Crippen molar-refractivity contribution in [2.24, 2.45) is 5.92 Å². The lowest BCUT2D eigenvalue weighted by Crippen LogP contribution is -2.31. The summed E-state index contributed by atoms with van der Waals surface area (Å²) in [5.41, 5.74) is 1.35. The zero-order chi connectivity index (χ0) is 14.7. The molecule has 0 aromatic heterocycles. The highest BCUT2D eigenvalue weighted by atomic mass is 16.5. The molecular formula is C14H19BO5. The Labute approximate surface area is 118 Å². The first-order chi connectivity index (χ1) is 9.56. The fraction of sp³-hybridized carbons (Fsp3) is 0.500. The molecule has 0 aliphatic heterocycles. The van der Waals surface area contributed by atoms with Crippen molar-refractivity contribution in [1.82, 2.24) is 0 Å². The van der Waals surface area contributed by atoms with Crippen molar-refractivity contribution in [1.29, 1.82) is 0 Å². The fourth-order valence-electron chi connectivity index (χ4n) is 2.87. The number of hydrogen-bond acceptors (Lipinski definition) is 5. The first-order valence-corrected chi connectivity index (χ1v) is 6.68. The van der Waals surface area contributed by atoms with Gasteiger partial charge in [-0.05, 0) is 36.8 Å². The van der Waals surface area contributed by atoms with Gasteiger partial charge in [0.15, 0.2) is 0 Å². The predicted molar refractivity (Wildman–Crippen MR) is 74.9 cm³/mol. The Balaban J connectivity index is 2.18. The number of carbonyl (C=O) groups is 1. The zero-order valence-corrected chi connectivity index (χ0v) is 11.7. The van der Waals surface area contributed by atoms with Crippen LogP contribution in [0.15, 0.2) is 18.2 Å². The van der Waals surface area contributed by atoms with Crippen LogP contribution in [-0.2, 0) is 9.53 Å². The van der Waals surface area contributed by atoms with Gasteiger partial charge in [0.25, 0.3) is 0 Å². The van der Waals surface area contributed by atoms with Crippen LogP contribution in [0.1, 0.15) is 30.7 Å². The van der Waals surface area contributed by atoms with Crippen molar-refractivity contribution in [2.45, 2.75) is 25.2 Å². The van der Waals surface area contributed by atoms with E-state index < -0.39 is 7.12 Å². The Bertz CT molecular complexity index is 488. The predicted octanol–water partition coefficient (Wildman–Crippen LogP) is 0.432. The maximum absolute atomic E-state index is 11.5. The minimum Gasteiger partial charge on any atom is -0.497 e. The molecule has 1 saturated carbocycles. The Morgan fingerprint density at radius 1 is 1.30 bits per heavy atom. The van der Waals surface area contributed by atoms with Crippen LogP contribution in [-0.4, -0.2) is 37.4 Å². The van der Waals surface area contributed by atoms with Gasteiger partial charge in [-0.2, -0.15) is 0 Å². The van der Waals surface area contributed by atoms with Crippen molar-refractivity contribution < 1.29 is 24.3 Å². The van der Waals surface area contributed by atoms with Gasteiger partial charge >= 0.3 is 13.1 Å². The largest absolute Gasteiger partial charge is 0.497 e. The first kappa shape index (κ1) is 14.9. The molecule has 0 bridgehead atoms. The minimum atomic E-state index is -1.57. The lowest BCUT2D eigenvalue weighted by atomic mass is 9.77. The van der Waals surface area contributed by atoms with Gasteiger partial charge in [0.1, 0.15) is 5.75 Å². The van der Waals surface area contributed by atoms with Crippen LogP contribution in [0.4, 0.5) is 0 Å². The molecule has 1 aliphatic carbocycles. The molecule has 1 aliphatic rings. The summed E-state index contributed by atoms with van der Waals surface area (Å²) >= 11 is 0. The molecule has 1 aromatic carbocycles. The maximum Gasteiger partial charge on any atom is 0.492 e. The highest BCUT2D eigenvalue weighted by Crippen LogP contribution is 2.38. The molecule has 0 spiro atoms. The molecule has 1 fully saturated rings. The molecule has 5 nitrogen and oxygen atoms in total. The summed E-state index contributed by atoms with van der Waals surface area (Å²) in [6.07, 6.45) is 2.44. The first-order valence-electron chi connectivity index (χ1n) is 6.68. The van der Waals surface area contributed by atoms with Gasteiger partial charge in [-0.3, -0.25) is 4.79 Å². The minimum absolute atomic E-state index is 0.0606. The summed E-state index contributed by atoms with van der Waals surface area (Å²) in [7, 11) is 1.33. The Hall–Kier alpha value is -1.53. The van der Waals surface area contributed by atoms with Crippen molar-refractivity contribution >= 4 is 18.6 Å². The molecule has 0 radical (unpaired) electrons. The van der Waals surface area contributed by atoms with E-state index in [9.17, 15) is 14.8 Å². The third kappa shape index (κ3) is 2.97. The van der Waals surface area contributed by atoms with Crippen LogP contribution in [0.5, 0.6) is 5.75 Å². The van der Waals surface area contributed by atoms with Gasteiger partial charge in [0.2, 0.25) is 0 Å². The molecule has 0 saturated heterocycles. The monoisotopic (exact) mass is 278 g/mol. The summed E-state index contributed by atoms with van der Waals surface area (Å²) in [5.74, 6) is 0.465. The van der Waals surface area contributed by atoms with E-state index in [-0.39, 0.29) is 17.8 Å². The smallest absolute Gasteiger partial charge is 0.492 e. The van der Waals surface area contributed by atoms with Crippen molar-refractivity contribution in [3.63, 3.8) is 0 Å². The molecule has 2 unspecified atom stereocenters. The van der Waals surface area contributed by atoms with E-state index in [1.54, 1.807) is 12.1 Å². The number of esters is 1. The number of rotatable bonds is 4. The average Bonchev–Trinajstić information content (AvgIpc) is 2.95. The van der Waals surface area contributed by atoms with E-state index >= 15 is 0 Å². The van der Waals surface area contributed by atoms with Crippen LogP contribution in [0.25, 0.3) is 0 Å². The molecule has 2 N–H and O–H groups in total. The second-order valence-corrected chi connectivity index (χ2v) is 5.11. The van der Waals surface area contributed by atoms with E-state index in [2.05, 4.69) is 0 Å². The number of benzene rings is 1. The second-order valence-electron chi connectivity index (χ2n) is 5.11. The number of hydrogen-bond donors (Lipinski definition) is 2. The van der Waals surface area contributed by atoms with E-state index in [0.717, 1.165) is 24.8 Å². The Morgan fingerprint density at radius 3 is 2.65 bits per heavy atom. The molecule has 20 heavy (non-hydrogen) atoms. The van der Waals surface area contributed by atoms with Crippen LogP contribution >= 0.6 is 0 Å². The average molecular weight is 278 g/mol. The summed E-state index contributed by atoms with van der Waals surface area (Å²) in [4.78, 5) is 11.5. The van der Waals surface area contributed by atoms with Gasteiger partial charge < -0.3 is 19.5 Å². The van der Waals surface area contributed by atoms with E-state index in [1.807, 2.05) is 6.07 Å². The fourth-order valence-corrected chi connectivity index (χ4v) is 2.87. The molecule has 108 valence electrons. The van der Waals surface area contributed by atoms with E-state index in [1.165, 1.54) is 14.2 Å². The van der Waals surface area contributed by atoms with Crippen LogP contribution < -0.4 is 10.2 Å². The summed E-state index contributed by atoms with van der Waals surface area (Å²) in [5, 5.41) is 18.8. The summed E-state index contributed by atoms with van der Waals surface area (Å²) in [6, 6.07) is 5.39. The number of methoxy groups -OCH3 is 2. The molecular weight excluding hydrogens is 259 g/mol. The van der Waals surface area contributed by atoms with Gasteiger partial charge in [-0.1, -0.05) is 12.1 Å². The molecule has 0 heterocycles. The molecule has 6 heteroatoms. The van der Waals surface area contributed by atoms with Crippen LogP contribution in [0.3, 0.4) is 0 Å². The third-order valence-electron chi connectivity index (χ3n) is 3.97. The molecule has 2 atom stereocenters. The number of carbonyl (C=O) groups excluding carboxylic acids is 1. The topological polar surface area (TPSA) is 76.0 Å². The number of ether oxygens (including phenoxy) is 2. The summed E-state index contributed by atoms with van der Waals surface area (Å²) < 4.78 is 9.88. The second kappa shape index (κ2) is 6.28. The highest BCUT2D eigenvalue weighted by molar-refractivity contribution is 6.59. The Morgan fingerprint density at radius 2 is 2.05 bits per heavy atom. The zero-order valence-electron chi connectivity index (χ0n) is 11.7. The maximum atomic E-state index is 11.5. The van der Waals surface area contributed by atoms with Gasteiger partial charge in [-0.25, -0.2) is 0 Å². The molecule has 0 amide bonds. The third-order valence-corrected chi connectivity index (χ3v) is 3.97. The standard InChI is InChI=1S/C14H19BO5/c1-19-13-6-5-10(8-12(13)15(17)18)9-3-4-11(7-9)14(16)20-2/h5-6,8-9,11,17-18H,3-4,7H2,1-2H3. The van der Waals surface area contributed by atoms with Gasteiger partial charge in [0.05, 0.1) is 20.1 Å². The summed E-state index contributed by atoms with van der Waals surface area (Å²) in [6.45, 7) is 0. The SMILES string of the molecule is COC(=O)C1CCC(c2ccc(OC)c(B(O)O)c2)C1. The van der Waals surface area contributed by atoms with Crippen molar-refractivity contribution in [2.75, 3.05) is 14.2 Å². The lowest BCUT2D eigenvalue weighted by molar-refractivity contribution is -0.145. The van der Waals surface area contributed by atoms with Gasteiger partial charge in [0, 0.05) is 5.46 Å². The van der Waals surface area contributed by atoms with Crippen molar-refractivity contribution in [3.8, 4) is 5.75 Å².